The molecule has 0 atom stereocenters. The zero-order chi connectivity index (χ0) is 19.8. The Hall–Kier alpha value is -3.73. The maximum absolute atomic E-state index is 11.9. The van der Waals surface area contributed by atoms with E-state index in [4.69, 9.17) is 9.40 Å². The Kier molecular flexibility index (Phi) is 4.28. The fraction of sp³-hybridized carbons (Fsp3) is 0.0870. The molecule has 0 fully saturated rings. The van der Waals surface area contributed by atoms with Gasteiger partial charge < -0.3 is 9.52 Å². The van der Waals surface area contributed by atoms with Crippen molar-refractivity contribution in [2.75, 3.05) is 0 Å². The maximum atomic E-state index is 11.9. The highest BCUT2D eigenvalue weighted by Crippen LogP contribution is 2.30. The van der Waals surface area contributed by atoms with Crippen LogP contribution in [0.15, 0.2) is 59.0 Å². The van der Waals surface area contributed by atoms with Crippen LogP contribution in [0.1, 0.15) is 32.0 Å². The molecule has 1 N–H and O–H groups in total. The summed E-state index contributed by atoms with van der Waals surface area (Å²) < 4.78 is 5.49. The van der Waals surface area contributed by atoms with Gasteiger partial charge in [-0.05, 0) is 49.7 Å². The lowest BCUT2D eigenvalue weighted by atomic mass is 9.99. The first kappa shape index (κ1) is 17.7. The van der Waals surface area contributed by atoms with Gasteiger partial charge in [-0.25, -0.2) is 9.78 Å². The maximum Gasteiger partial charge on any atom is 0.336 e. The molecule has 28 heavy (non-hydrogen) atoms. The van der Waals surface area contributed by atoms with E-state index in [0.29, 0.717) is 28.6 Å². The smallest absolute Gasteiger partial charge is 0.336 e. The number of pyridine rings is 1. The summed E-state index contributed by atoms with van der Waals surface area (Å²) in [5.41, 5.74) is 4.94. The highest BCUT2D eigenvalue weighted by Gasteiger charge is 2.15. The molecule has 0 spiro atoms. The zero-order valence-electron chi connectivity index (χ0n) is 15.4. The average molecular weight is 371 g/mol. The van der Waals surface area contributed by atoms with E-state index >= 15 is 0 Å². The van der Waals surface area contributed by atoms with Crippen LogP contribution in [-0.4, -0.2) is 22.3 Å². The number of hydrogen-bond acceptors (Lipinski definition) is 4. The summed E-state index contributed by atoms with van der Waals surface area (Å²) >= 11 is 0. The summed E-state index contributed by atoms with van der Waals surface area (Å²) in [6, 6.07) is 16.2. The second kappa shape index (κ2) is 6.78. The van der Waals surface area contributed by atoms with Crippen LogP contribution in [0.5, 0.6) is 0 Å². The molecule has 138 valence electrons. The van der Waals surface area contributed by atoms with Crippen molar-refractivity contribution in [3.8, 4) is 22.6 Å². The molecule has 0 unspecified atom stereocenters. The number of benzene rings is 2. The number of rotatable bonds is 4. The Morgan fingerprint density at radius 1 is 1.04 bits per heavy atom. The Morgan fingerprint density at radius 3 is 2.54 bits per heavy atom. The third-order valence-corrected chi connectivity index (χ3v) is 4.66. The van der Waals surface area contributed by atoms with E-state index in [0.717, 1.165) is 22.3 Å². The second-order valence-electron chi connectivity index (χ2n) is 6.74. The number of aromatic nitrogens is 1. The largest absolute Gasteiger partial charge is 0.478 e. The summed E-state index contributed by atoms with van der Waals surface area (Å²) in [7, 11) is 0. The van der Waals surface area contributed by atoms with E-state index in [1.54, 1.807) is 18.2 Å². The van der Waals surface area contributed by atoms with E-state index in [1.807, 2.05) is 50.2 Å². The number of carboxylic acid groups (broad SMARTS) is 1. The van der Waals surface area contributed by atoms with Crippen LogP contribution in [0, 0.1) is 13.8 Å². The number of carbonyl (C=O) groups excluding carboxylic acids is 1. The van der Waals surface area contributed by atoms with E-state index in [1.165, 1.54) is 0 Å². The molecule has 2 aromatic heterocycles. The minimum absolute atomic E-state index is 0.221. The summed E-state index contributed by atoms with van der Waals surface area (Å²) in [4.78, 5) is 27.5. The third-order valence-electron chi connectivity index (χ3n) is 4.66. The van der Waals surface area contributed by atoms with Gasteiger partial charge in [-0.1, -0.05) is 29.8 Å². The molecule has 2 aromatic carbocycles. The van der Waals surface area contributed by atoms with Gasteiger partial charge in [0.15, 0.2) is 12.0 Å². The minimum atomic E-state index is -0.989. The predicted octanol–water partition coefficient (Wildman–Crippen LogP) is 5.29. The number of aldehydes is 1. The number of aryl methyl sites for hydroxylation is 2. The SMILES string of the molecule is Cc1cc(C)c2nc(-c3cccc(-c4ccc(C=O)o4)c3)cc(C(=O)O)c2c1. The Morgan fingerprint density at radius 2 is 1.82 bits per heavy atom. The molecular formula is C23H17NO4. The minimum Gasteiger partial charge on any atom is -0.478 e. The van der Waals surface area contributed by atoms with Crippen molar-refractivity contribution in [2.24, 2.45) is 0 Å². The fourth-order valence-corrected chi connectivity index (χ4v) is 3.41. The first-order valence-corrected chi connectivity index (χ1v) is 8.77. The van der Waals surface area contributed by atoms with Crippen LogP contribution in [0.2, 0.25) is 0 Å². The van der Waals surface area contributed by atoms with Gasteiger partial charge >= 0.3 is 5.97 Å². The molecule has 4 aromatic rings. The van der Waals surface area contributed by atoms with Crippen LogP contribution < -0.4 is 0 Å². The summed E-state index contributed by atoms with van der Waals surface area (Å²) in [6.45, 7) is 3.87. The van der Waals surface area contributed by atoms with Crippen LogP contribution in [0.4, 0.5) is 0 Å². The fourth-order valence-electron chi connectivity index (χ4n) is 3.41. The molecule has 0 saturated carbocycles. The van der Waals surface area contributed by atoms with Crippen molar-refractivity contribution in [3.63, 3.8) is 0 Å². The molecule has 0 bridgehead atoms. The molecule has 0 aliphatic rings. The number of nitrogens with zero attached hydrogens (tertiary/aromatic N) is 1. The van der Waals surface area contributed by atoms with Crippen LogP contribution in [0.3, 0.4) is 0 Å². The average Bonchev–Trinajstić information content (AvgIpc) is 3.16. The van der Waals surface area contributed by atoms with Gasteiger partial charge in [0.25, 0.3) is 0 Å². The molecule has 0 aliphatic carbocycles. The van der Waals surface area contributed by atoms with Crippen molar-refractivity contribution in [2.45, 2.75) is 13.8 Å². The Labute approximate surface area is 161 Å². The number of hydrogen-bond donors (Lipinski definition) is 1. The number of fused-ring (bicyclic) bond motifs is 1. The van der Waals surface area contributed by atoms with Crippen LogP contribution in [-0.2, 0) is 0 Å². The molecular weight excluding hydrogens is 354 g/mol. The Balaban J connectivity index is 1.91. The molecule has 0 amide bonds. The standard InChI is InChI=1S/C23H17NO4/c1-13-8-14(2)22-18(9-13)19(23(26)27)11-20(24-22)15-4-3-5-16(10-15)21-7-6-17(12-25)28-21/h3-12H,1-2H3,(H,26,27). The highest BCUT2D eigenvalue weighted by molar-refractivity contribution is 6.04. The first-order chi connectivity index (χ1) is 13.5. The lowest BCUT2D eigenvalue weighted by Crippen LogP contribution is -2.01. The van der Waals surface area contributed by atoms with Crippen molar-refractivity contribution >= 4 is 23.2 Å². The molecule has 5 heteroatoms. The molecule has 2 heterocycles. The zero-order valence-corrected chi connectivity index (χ0v) is 15.4. The van der Waals surface area contributed by atoms with Gasteiger partial charge in [0.05, 0.1) is 16.8 Å². The van der Waals surface area contributed by atoms with E-state index < -0.39 is 5.97 Å². The monoisotopic (exact) mass is 371 g/mol. The van der Waals surface area contributed by atoms with Gasteiger partial charge in [-0.15, -0.1) is 0 Å². The van der Waals surface area contributed by atoms with Crippen LogP contribution in [0.25, 0.3) is 33.5 Å². The van der Waals surface area contributed by atoms with E-state index in [2.05, 4.69) is 0 Å². The van der Waals surface area contributed by atoms with Gasteiger partial charge in [0.1, 0.15) is 5.76 Å². The predicted molar refractivity (Wildman–Crippen MR) is 107 cm³/mol. The summed E-state index contributed by atoms with van der Waals surface area (Å²) in [6.07, 6.45) is 0.655. The quantitative estimate of drug-likeness (QED) is 0.493. The van der Waals surface area contributed by atoms with Gasteiger partial charge in [-0.2, -0.15) is 0 Å². The molecule has 0 radical (unpaired) electrons. The lowest BCUT2D eigenvalue weighted by molar-refractivity contribution is 0.0699. The number of carboxylic acids is 1. The molecule has 0 saturated heterocycles. The second-order valence-corrected chi connectivity index (χ2v) is 6.74. The first-order valence-electron chi connectivity index (χ1n) is 8.77. The third kappa shape index (κ3) is 3.07. The number of furan rings is 1. The van der Waals surface area contributed by atoms with Gasteiger partial charge in [-0.3, -0.25) is 4.79 Å². The van der Waals surface area contributed by atoms with E-state index in [9.17, 15) is 14.7 Å². The van der Waals surface area contributed by atoms with E-state index in [-0.39, 0.29) is 11.3 Å². The summed E-state index contributed by atoms with van der Waals surface area (Å²) in [5.74, 6) is -0.171. The van der Waals surface area contributed by atoms with Gasteiger partial charge in [0.2, 0.25) is 0 Å². The van der Waals surface area contributed by atoms with Crippen molar-refractivity contribution in [3.05, 3.63) is 77.0 Å². The Bertz CT molecular complexity index is 1240. The van der Waals surface area contributed by atoms with Crippen molar-refractivity contribution in [1.29, 1.82) is 0 Å². The lowest BCUT2D eigenvalue weighted by Gasteiger charge is -2.11. The molecule has 5 nitrogen and oxygen atoms in total. The van der Waals surface area contributed by atoms with Crippen molar-refractivity contribution < 1.29 is 19.1 Å². The van der Waals surface area contributed by atoms with Gasteiger partial charge in [0, 0.05) is 16.5 Å². The normalized spacial score (nSPS) is 10.9. The van der Waals surface area contributed by atoms with Crippen molar-refractivity contribution in [1.82, 2.24) is 4.98 Å². The summed E-state index contributed by atoms with van der Waals surface area (Å²) in [5, 5.41) is 10.4. The molecule has 4 rings (SSSR count). The number of aromatic carboxylic acids is 1. The van der Waals surface area contributed by atoms with Crippen LogP contribution >= 0.6 is 0 Å². The topological polar surface area (TPSA) is 80.4 Å². The molecule has 0 aliphatic heterocycles. The number of carbonyl (C=O) groups is 2. The highest BCUT2D eigenvalue weighted by atomic mass is 16.4.